The fourth-order valence-electron chi connectivity index (χ4n) is 5.01. The highest BCUT2D eigenvalue weighted by atomic mass is 16.3. The van der Waals surface area contributed by atoms with Crippen LogP contribution in [0.2, 0.25) is 0 Å². The molecular formula is C18H28N4O2. The van der Waals surface area contributed by atoms with Crippen LogP contribution in [0, 0.1) is 25.7 Å². The van der Waals surface area contributed by atoms with Crippen LogP contribution in [0.3, 0.4) is 0 Å². The maximum Gasteiger partial charge on any atom is 0.274 e. The van der Waals surface area contributed by atoms with Gasteiger partial charge in [-0.1, -0.05) is 0 Å². The van der Waals surface area contributed by atoms with Crippen molar-refractivity contribution >= 4 is 5.91 Å². The van der Waals surface area contributed by atoms with Crippen molar-refractivity contribution in [2.75, 3.05) is 26.2 Å². The molecule has 0 spiro atoms. The van der Waals surface area contributed by atoms with Crippen LogP contribution < -0.4 is 0 Å². The fourth-order valence-corrected chi connectivity index (χ4v) is 5.01. The third-order valence-electron chi connectivity index (χ3n) is 6.21. The SMILES string of the molecule is Cc1nc(C(=O)N2C[C@H]3C[C@@H](N4CCCC4)[C@H](O)C[C@H]3C2)c(C)[nH]1. The largest absolute Gasteiger partial charge is 0.391 e. The summed E-state index contributed by atoms with van der Waals surface area (Å²) in [6.07, 6.45) is 4.11. The summed E-state index contributed by atoms with van der Waals surface area (Å²) >= 11 is 0. The first kappa shape index (κ1) is 16.1. The molecule has 2 saturated heterocycles. The first-order valence-electron chi connectivity index (χ1n) is 9.27. The molecule has 3 fully saturated rings. The van der Waals surface area contributed by atoms with E-state index in [1.54, 1.807) is 0 Å². The number of amides is 1. The van der Waals surface area contributed by atoms with Crippen molar-refractivity contribution in [3.05, 3.63) is 17.2 Å². The van der Waals surface area contributed by atoms with E-state index in [1.807, 2.05) is 18.7 Å². The number of aromatic amines is 1. The molecule has 1 aromatic rings. The molecule has 4 rings (SSSR count). The zero-order valence-electron chi connectivity index (χ0n) is 14.7. The first-order chi connectivity index (χ1) is 11.5. The maximum atomic E-state index is 12.8. The molecule has 4 atom stereocenters. The van der Waals surface area contributed by atoms with E-state index in [4.69, 9.17) is 0 Å². The van der Waals surface area contributed by atoms with Gasteiger partial charge in [0, 0.05) is 24.8 Å². The Labute approximate surface area is 143 Å². The molecule has 2 aliphatic heterocycles. The predicted octanol–water partition coefficient (Wildman–Crippen LogP) is 1.33. The molecule has 24 heavy (non-hydrogen) atoms. The molecule has 1 aliphatic carbocycles. The van der Waals surface area contributed by atoms with Gasteiger partial charge in [0.05, 0.1) is 6.10 Å². The molecule has 6 heteroatoms. The molecule has 1 aromatic heterocycles. The van der Waals surface area contributed by atoms with Crippen molar-refractivity contribution in [1.82, 2.24) is 19.8 Å². The topological polar surface area (TPSA) is 72.5 Å². The van der Waals surface area contributed by atoms with Crippen molar-refractivity contribution in [2.24, 2.45) is 11.8 Å². The zero-order chi connectivity index (χ0) is 16.8. The van der Waals surface area contributed by atoms with Crippen LogP contribution >= 0.6 is 0 Å². The van der Waals surface area contributed by atoms with E-state index in [1.165, 1.54) is 12.8 Å². The minimum atomic E-state index is -0.242. The maximum absolute atomic E-state index is 12.8. The van der Waals surface area contributed by atoms with E-state index in [0.29, 0.717) is 17.5 Å². The minimum Gasteiger partial charge on any atom is -0.391 e. The van der Waals surface area contributed by atoms with Crippen LogP contribution in [0.4, 0.5) is 0 Å². The monoisotopic (exact) mass is 332 g/mol. The van der Waals surface area contributed by atoms with Crippen molar-refractivity contribution in [3.63, 3.8) is 0 Å². The Kier molecular flexibility index (Phi) is 4.12. The second kappa shape index (κ2) is 6.15. The van der Waals surface area contributed by atoms with Crippen LogP contribution in [-0.4, -0.2) is 69.1 Å². The number of nitrogens with zero attached hydrogens (tertiary/aromatic N) is 3. The summed E-state index contributed by atoms with van der Waals surface area (Å²) < 4.78 is 0. The molecule has 6 nitrogen and oxygen atoms in total. The van der Waals surface area contributed by atoms with Crippen molar-refractivity contribution in [2.45, 2.75) is 51.7 Å². The molecule has 1 amide bonds. The number of hydrogen-bond donors (Lipinski definition) is 2. The number of rotatable bonds is 2. The van der Waals surface area contributed by atoms with Crippen LogP contribution in [0.5, 0.6) is 0 Å². The summed E-state index contributed by atoms with van der Waals surface area (Å²) in [5, 5.41) is 10.6. The Morgan fingerprint density at radius 1 is 1.17 bits per heavy atom. The lowest BCUT2D eigenvalue weighted by atomic mass is 9.77. The normalized spacial score (nSPS) is 33.9. The lowest BCUT2D eigenvalue weighted by Crippen LogP contribution is -2.48. The average molecular weight is 332 g/mol. The highest BCUT2D eigenvalue weighted by Gasteiger charge is 2.45. The molecule has 1 saturated carbocycles. The van der Waals surface area contributed by atoms with Gasteiger partial charge in [-0.05, 0) is 64.5 Å². The number of aryl methyl sites for hydroxylation is 2. The van der Waals surface area contributed by atoms with Gasteiger partial charge < -0.3 is 15.0 Å². The van der Waals surface area contributed by atoms with E-state index in [9.17, 15) is 9.90 Å². The Morgan fingerprint density at radius 2 is 1.83 bits per heavy atom. The van der Waals surface area contributed by atoms with E-state index in [0.717, 1.165) is 50.5 Å². The molecule has 0 radical (unpaired) electrons. The Bertz CT molecular complexity index is 623. The van der Waals surface area contributed by atoms with E-state index in [2.05, 4.69) is 14.9 Å². The highest BCUT2D eigenvalue weighted by molar-refractivity contribution is 5.93. The summed E-state index contributed by atoms with van der Waals surface area (Å²) in [5.74, 6) is 1.78. The molecule has 132 valence electrons. The van der Waals surface area contributed by atoms with Crippen LogP contribution in [0.15, 0.2) is 0 Å². The van der Waals surface area contributed by atoms with Gasteiger partial charge in [0.25, 0.3) is 5.91 Å². The molecule has 0 aromatic carbocycles. The van der Waals surface area contributed by atoms with Gasteiger partial charge in [-0.25, -0.2) is 4.98 Å². The van der Waals surface area contributed by atoms with Crippen molar-refractivity contribution in [1.29, 1.82) is 0 Å². The summed E-state index contributed by atoms with van der Waals surface area (Å²) in [7, 11) is 0. The molecular weight excluding hydrogens is 304 g/mol. The fraction of sp³-hybridized carbons (Fsp3) is 0.778. The third-order valence-corrected chi connectivity index (χ3v) is 6.21. The zero-order valence-corrected chi connectivity index (χ0v) is 14.7. The number of carbonyl (C=O) groups excluding carboxylic acids is 1. The molecule has 3 heterocycles. The van der Waals surface area contributed by atoms with Gasteiger partial charge >= 0.3 is 0 Å². The van der Waals surface area contributed by atoms with Crippen LogP contribution in [0.25, 0.3) is 0 Å². The van der Waals surface area contributed by atoms with Gasteiger partial charge in [0.2, 0.25) is 0 Å². The molecule has 3 aliphatic rings. The van der Waals surface area contributed by atoms with Gasteiger partial charge in [0.1, 0.15) is 11.5 Å². The minimum absolute atomic E-state index is 0.0402. The average Bonchev–Trinajstić information content (AvgIpc) is 3.25. The van der Waals surface area contributed by atoms with Gasteiger partial charge in [-0.3, -0.25) is 9.69 Å². The Balaban J connectivity index is 1.45. The standard InChI is InChI=1S/C18H28N4O2/c1-11-17(20-12(2)19-11)18(24)22-9-13-7-15(21-5-3-4-6-21)16(23)8-14(13)10-22/h13-16,23H,3-10H2,1-2H3,(H,19,20)/t13-,14+,15-,16-/m1/s1. The van der Waals surface area contributed by atoms with Gasteiger partial charge in [-0.2, -0.15) is 0 Å². The van der Waals surface area contributed by atoms with E-state index < -0.39 is 0 Å². The number of hydrogen-bond acceptors (Lipinski definition) is 4. The Morgan fingerprint density at radius 3 is 2.46 bits per heavy atom. The van der Waals surface area contributed by atoms with Crippen LogP contribution in [-0.2, 0) is 0 Å². The van der Waals surface area contributed by atoms with E-state index >= 15 is 0 Å². The molecule has 0 bridgehead atoms. The van der Waals surface area contributed by atoms with Gasteiger partial charge in [-0.15, -0.1) is 0 Å². The van der Waals surface area contributed by atoms with Crippen LogP contribution in [0.1, 0.15) is 47.7 Å². The number of imidazole rings is 1. The number of aliphatic hydroxyl groups excluding tert-OH is 1. The first-order valence-corrected chi connectivity index (χ1v) is 9.27. The summed E-state index contributed by atoms with van der Waals surface area (Å²) in [6, 6.07) is 0.290. The second-order valence-corrected chi connectivity index (χ2v) is 7.88. The van der Waals surface area contributed by atoms with E-state index in [-0.39, 0.29) is 18.1 Å². The second-order valence-electron chi connectivity index (χ2n) is 7.88. The van der Waals surface area contributed by atoms with Crippen molar-refractivity contribution < 1.29 is 9.90 Å². The molecule has 2 N–H and O–H groups in total. The number of aliphatic hydroxyl groups is 1. The molecule has 0 unspecified atom stereocenters. The summed E-state index contributed by atoms with van der Waals surface area (Å²) in [5.41, 5.74) is 1.41. The number of likely N-dealkylation sites (tertiary alicyclic amines) is 2. The smallest absolute Gasteiger partial charge is 0.274 e. The van der Waals surface area contributed by atoms with Crippen molar-refractivity contribution in [3.8, 4) is 0 Å². The number of aromatic nitrogens is 2. The highest BCUT2D eigenvalue weighted by Crippen LogP contribution is 2.39. The number of carbonyl (C=O) groups is 1. The summed E-state index contributed by atoms with van der Waals surface area (Å²) in [6.45, 7) is 7.60. The Hall–Kier alpha value is -1.40. The number of nitrogens with one attached hydrogen (secondary N) is 1. The lowest BCUT2D eigenvalue weighted by Gasteiger charge is -2.40. The quantitative estimate of drug-likeness (QED) is 0.857. The number of H-pyrrole nitrogens is 1. The number of fused-ring (bicyclic) bond motifs is 1. The third kappa shape index (κ3) is 2.75. The predicted molar refractivity (Wildman–Crippen MR) is 90.8 cm³/mol. The summed E-state index contributed by atoms with van der Waals surface area (Å²) in [4.78, 5) is 24.7. The lowest BCUT2D eigenvalue weighted by molar-refractivity contribution is -0.000864. The van der Waals surface area contributed by atoms with Gasteiger partial charge in [0.15, 0.2) is 0 Å².